The SMILES string of the molecule is CCC1CN(C(=O)Cc2ccccc2O)C(CC)CN1. The summed E-state index contributed by atoms with van der Waals surface area (Å²) in [5, 5.41) is 13.3. The van der Waals surface area contributed by atoms with E-state index in [1.807, 2.05) is 17.0 Å². The molecule has 0 aliphatic carbocycles. The summed E-state index contributed by atoms with van der Waals surface area (Å²) in [5.41, 5.74) is 0.707. The van der Waals surface area contributed by atoms with Crippen molar-refractivity contribution in [1.29, 1.82) is 0 Å². The highest BCUT2D eigenvalue weighted by Gasteiger charge is 2.29. The molecule has 1 fully saturated rings. The van der Waals surface area contributed by atoms with Gasteiger partial charge in [0.2, 0.25) is 5.91 Å². The van der Waals surface area contributed by atoms with Gasteiger partial charge in [0.1, 0.15) is 5.75 Å². The summed E-state index contributed by atoms with van der Waals surface area (Å²) in [4.78, 5) is 14.5. The van der Waals surface area contributed by atoms with Gasteiger partial charge >= 0.3 is 0 Å². The van der Waals surface area contributed by atoms with Crippen LogP contribution >= 0.6 is 0 Å². The predicted octanol–water partition coefficient (Wildman–Crippen LogP) is 1.92. The molecule has 4 heteroatoms. The number of carbonyl (C=O) groups is 1. The van der Waals surface area contributed by atoms with Gasteiger partial charge in [-0.3, -0.25) is 4.79 Å². The summed E-state index contributed by atoms with van der Waals surface area (Å²) in [6.07, 6.45) is 2.26. The molecule has 4 nitrogen and oxygen atoms in total. The number of carbonyl (C=O) groups excluding carboxylic acids is 1. The third kappa shape index (κ3) is 3.31. The molecule has 1 saturated heterocycles. The first kappa shape index (κ1) is 14.9. The summed E-state index contributed by atoms with van der Waals surface area (Å²) >= 11 is 0. The van der Waals surface area contributed by atoms with Crippen LogP contribution in [0.15, 0.2) is 24.3 Å². The van der Waals surface area contributed by atoms with Gasteiger partial charge in [0.15, 0.2) is 0 Å². The topological polar surface area (TPSA) is 52.6 Å². The lowest BCUT2D eigenvalue weighted by molar-refractivity contribution is -0.134. The Bertz CT molecular complexity index is 462. The van der Waals surface area contributed by atoms with Gasteiger partial charge in [0.25, 0.3) is 0 Å². The van der Waals surface area contributed by atoms with Crippen LogP contribution in [0.5, 0.6) is 5.75 Å². The van der Waals surface area contributed by atoms with Gasteiger partial charge in [-0.15, -0.1) is 0 Å². The highest BCUT2D eigenvalue weighted by Crippen LogP contribution is 2.19. The summed E-state index contributed by atoms with van der Waals surface area (Å²) < 4.78 is 0. The van der Waals surface area contributed by atoms with Crippen molar-refractivity contribution in [1.82, 2.24) is 10.2 Å². The molecule has 2 rings (SSSR count). The van der Waals surface area contributed by atoms with Crippen LogP contribution in [0, 0.1) is 0 Å². The fraction of sp³-hybridized carbons (Fsp3) is 0.562. The average molecular weight is 276 g/mol. The average Bonchev–Trinajstić information content (AvgIpc) is 2.48. The number of hydrogen-bond acceptors (Lipinski definition) is 3. The lowest BCUT2D eigenvalue weighted by Crippen LogP contribution is -2.58. The summed E-state index contributed by atoms with van der Waals surface area (Å²) in [6.45, 7) is 5.87. The normalized spacial score (nSPS) is 22.8. The molecule has 0 spiro atoms. The molecule has 0 aromatic heterocycles. The van der Waals surface area contributed by atoms with Crippen molar-refractivity contribution in [2.24, 2.45) is 0 Å². The second-order valence-corrected chi connectivity index (χ2v) is 5.43. The van der Waals surface area contributed by atoms with Crippen molar-refractivity contribution in [2.75, 3.05) is 13.1 Å². The summed E-state index contributed by atoms with van der Waals surface area (Å²) in [5.74, 6) is 0.314. The van der Waals surface area contributed by atoms with Gasteiger partial charge in [-0.05, 0) is 18.9 Å². The van der Waals surface area contributed by atoms with Gasteiger partial charge in [0, 0.05) is 30.7 Å². The first-order valence-corrected chi connectivity index (χ1v) is 7.45. The van der Waals surface area contributed by atoms with Crippen LogP contribution in [0.25, 0.3) is 0 Å². The molecule has 0 saturated carbocycles. The Hall–Kier alpha value is -1.55. The second-order valence-electron chi connectivity index (χ2n) is 5.43. The van der Waals surface area contributed by atoms with Crippen molar-refractivity contribution in [3.8, 4) is 5.75 Å². The van der Waals surface area contributed by atoms with Gasteiger partial charge in [-0.25, -0.2) is 0 Å². The Kier molecular flexibility index (Phi) is 5.01. The molecule has 2 N–H and O–H groups in total. The number of phenolic OH excluding ortho intramolecular Hbond substituents is 1. The van der Waals surface area contributed by atoms with Crippen LogP contribution in [0.1, 0.15) is 32.3 Å². The lowest BCUT2D eigenvalue weighted by Gasteiger charge is -2.40. The van der Waals surface area contributed by atoms with Crippen LogP contribution in [-0.2, 0) is 11.2 Å². The standard InChI is InChI=1S/C16H24N2O2/c1-3-13-11-18(14(4-2)10-17-13)16(20)9-12-7-5-6-8-15(12)19/h5-8,13-14,17,19H,3-4,9-11H2,1-2H3. The zero-order valence-corrected chi connectivity index (χ0v) is 12.3. The number of nitrogens with zero attached hydrogens (tertiary/aromatic N) is 1. The molecule has 0 bridgehead atoms. The Balaban J connectivity index is 2.07. The zero-order chi connectivity index (χ0) is 14.5. The van der Waals surface area contributed by atoms with E-state index in [0.717, 1.165) is 25.9 Å². The minimum atomic E-state index is 0.110. The largest absolute Gasteiger partial charge is 0.508 e. The van der Waals surface area contributed by atoms with E-state index < -0.39 is 0 Å². The summed E-state index contributed by atoms with van der Waals surface area (Å²) in [6, 6.07) is 7.71. The Morgan fingerprint density at radius 3 is 2.75 bits per heavy atom. The Morgan fingerprint density at radius 1 is 1.35 bits per heavy atom. The highest BCUT2D eigenvalue weighted by molar-refractivity contribution is 5.80. The van der Waals surface area contributed by atoms with Crippen LogP contribution in [-0.4, -0.2) is 41.1 Å². The molecule has 110 valence electrons. The van der Waals surface area contributed by atoms with Crippen molar-refractivity contribution >= 4 is 5.91 Å². The number of para-hydroxylation sites is 1. The molecular weight excluding hydrogens is 252 g/mol. The molecule has 0 radical (unpaired) electrons. The first-order valence-electron chi connectivity index (χ1n) is 7.45. The van der Waals surface area contributed by atoms with Crippen molar-refractivity contribution in [2.45, 2.75) is 45.2 Å². The van der Waals surface area contributed by atoms with E-state index >= 15 is 0 Å². The zero-order valence-electron chi connectivity index (χ0n) is 12.3. The van der Waals surface area contributed by atoms with Gasteiger partial charge in [-0.1, -0.05) is 32.0 Å². The van der Waals surface area contributed by atoms with Crippen molar-refractivity contribution in [3.63, 3.8) is 0 Å². The van der Waals surface area contributed by atoms with Gasteiger partial charge < -0.3 is 15.3 Å². The van der Waals surface area contributed by atoms with E-state index in [4.69, 9.17) is 0 Å². The monoisotopic (exact) mass is 276 g/mol. The number of benzene rings is 1. The minimum Gasteiger partial charge on any atom is -0.508 e. The number of aromatic hydroxyl groups is 1. The van der Waals surface area contributed by atoms with Gasteiger partial charge in [0.05, 0.1) is 6.42 Å². The number of piperazine rings is 1. The fourth-order valence-corrected chi connectivity index (χ4v) is 2.73. The third-order valence-corrected chi connectivity index (χ3v) is 4.12. The van der Waals surface area contributed by atoms with Crippen molar-refractivity contribution in [3.05, 3.63) is 29.8 Å². The molecule has 1 heterocycles. The molecule has 1 aliphatic heterocycles. The number of nitrogens with one attached hydrogen (secondary N) is 1. The van der Waals surface area contributed by atoms with Gasteiger partial charge in [-0.2, -0.15) is 0 Å². The lowest BCUT2D eigenvalue weighted by atomic mass is 10.0. The maximum atomic E-state index is 12.5. The van der Waals surface area contributed by atoms with E-state index in [9.17, 15) is 9.90 Å². The predicted molar refractivity (Wildman–Crippen MR) is 79.7 cm³/mol. The maximum Gasteiger partial charge on any atom is 0.227 e. The highest BCUT2D eigenvalue weighted by atomic mass is 16.3. The number of amides is 1. The minimum absolute atomic E-state index is 0.110. The van der Waals surface area contributed by atoms with Crippen LogP contribution in [0.3, 0.4) is 0 Å². The fourth-order valence-electron chi connectivity index (χ4n) is 2.73. The smallest absolute Gasteiger partial charge is 0.227 e. The molecule has 1 amide bonds. The Morgan fingerprint density at radius 2 is 2.10 bits per heavy atom. The second kappa shape index (κ2) is 6.75. The van der Waals surface area contributed by atoms with E-state index in [-0.39, 0.29) is 24.1 Å². The molecule has 1 aromatic rings. The summed E-state index contributed by atoms with van der Waals surface area (Å²) in [7, 11) is 0. The Labute approximate surface area is 120 Å². The van der Waals surface area contributed by atoms with E-state index in [1.54, 1.807) is 12.1 Å². The molecule has 2 atom stereocenters. The molecule has 1 aromatic carbocycles. The molecular formula is C16H24N2O2. The maximum absolute atomic E-state index is 12.5. The molecule has 1 aliphatic rings. The number of phenols is 1. The van der Waals surface area contributed by atoms with Crippen molar-refractivity contribution < 1.29 is 9.90 Å². The number of hydrogen-bond donors (Lipinski definition) is 2. The molecule has 2 unspecified atom stereocenters. The quantitative estimate of drug-likeness (QED) is 0.883. The first-order chi connectivity index (χ1) is 9.65. The van der Waals surface area contributed by atoms with E-state index in [0.29, 0.717) is 11.6 Å². The van der Waals surface area contributed by atoms with Crippen LogP contribution in [0.2, 0.25) is 0 Å². The molecule has 20 heavy (non-hydrogen) atoms. The van der Waals surface area contributed by atoms with E-state index in [2.05, 4.69) is 19.2 Å². The van der Waals surface area contributed by atoms with Crippen LogP contribution < -0.4 is 5.32 Å². The number of rotatable bonds is 4. The van der Waals surface area contributed by atoms with E-state index in [1.165, 1.54) is 0 Å². The third-order valence-electron chi connectivity index (χ3n) is 4.12. The van der Waals surface area contributed by atoms with Crippen LogP contribution in [0.4, 0.5) is 0 Å².